The third-order valence-electron chi connectivity index (χ3n) is 6.87. The van der Waals surface area contributed by atoms with E-state index in [9.17, 15) is 40.5 Å². The highest BCUT2D eigenvalue weighted by Gasteiger charge is 2.43. The van der Waals surface area contributed by atoms with Gasteiger partial charge >= 0.3 is 24.4 Å². The minimum Gasteiger partial charge on any atom is -0.598 e. The van der Waals surface area contributed by atoms with Gasteiger partial charge in [0.05, 0.1) is 30.9 Å². The number of ether oxygens (including phenoxy) is 3. The number of benzene rings is 2. The zero-order chi connectivity index (χ0) is 36.0. The van der Waals surface area contributed by atoms with Gasteiger partial charge in [-0.05, 0) is 90.6 Å². The zero-order valence-electron chi connectivity index (χ0n) is 27.5. The Bertz CT molecular complexity index is 1310. The maximum Gasteiger partial charge on any atom is 0.416 e. The molecule has 0 saturated heterocycles. The van der Waals surface area contributed by atoms with Crippen LogP contribution in [0.3, 0.4) is 0 Å². The van der Waals surface area contributed by atoms with Crippen LogP contribution in [-0.4, -0.2) is 46.7 Å². The van der Waals surface area contributed by atoms with Crippen LogP contribution in [0.25, 0.3) is 0 Å². The van der Waals surface area contributed by atoms with E-state index in [-0.39, 0.29) is 24.5 Å². The number of methoxy groups -OCH3 is 1. The van der Waals surface area contributed by atoms with Gasteiger partial charge in [-0.1, -0.05) is 30.3 Å². The number of esters is 1. The van der Waals surface area contributed by atoms with Crippen molar-refractivity contribution in [2.24, 2.45) is 0 Å². The molecular formula is C32H42F6N2O6S. The summed E-state index contributed by atoms with van der Waals surface area (Å²) in [5.74, 6) is -0.812. The topological polar surface area (TPSA) is 109 Å². The molecule has 1 amide bonds. The Kier molecular flexibility index (Phi) is 13.2. The largest absolute Gasteiger partial charge is 0.598 e. The van der Waals surface area contributed by atoms with Gasteiger partial charge < -0.3 is 24.1 Å². The van der Waals surface area contributed by atoms with Crippen molar-refractivity contribution in [2.45, 2.75) is 102 Å². The van der Waals surface area contributed by atoms with Crippen LogP contribution in [0.4, 0.5) is 31.1 Å². The predicted octanol–water partition coefficient (Wildman–Crippen LogP) is 7.60. The van der Waals surface area contributed by atoms with Crippen molar-refractivity contribution in [3.8, 4) is 0 Å². The number of nitrogens with one attached hydrogen (secondary N) is 2. The van der Waals surface area contributed by atoms with Gasteiger partial charge in [-0.3, -0.25) is 0 Å². The molecule has 0 spiro atoms. The quantitative estimate of drug-likeness (QED) is 0.134. The third kappa shape index (κ3) is 12.2. The maximum atomic E-state index is 13.6. The van der Waals surface area contributed by atoms with Crippen molar-refractivity contribution < 1.29 is 54.7 Å². The Balaban J connectivity index is 2.59. The first-order chi connectivity index (χ1) is 21.4. The van der Waals surface area contributed by atoms with Gasteiger partial charge in [0.1, 0.15) is 21.9 Å². The summed E-state index contributed by atoms with van der Waals surface area (Å²) in [5.41, 5.74) is -5.20. The summed E-state index contributed by atoms with van der Waals surface area (Å²) in [7, 11) is 1.12. The molecule has 2 aromatic rings. The van der Waals surface area contributed by atoms with E-state index in [1.54, 1.807) is 71.9 Å². The van der Waals surface area contributed by atoms with E-state index >= 15 is 0 Å². The summed E-state index contributed by atoms with van der Waals surface area (Å²) in [4.78, 5) is 25.3. The van der Waals surface area contributed by atoms with Crippen molar-refractivity contribution in [1.82, 2.24) is 10.0 Å². The summed E-state index contributed by atoms with van der Waals surface area (Å²) < 4.78 is 113. The van der Waals surface area contributed by atoms with Crippen LogP contribution >= 0.6 is 0 Å². The van der Waals surface area contributed by atoms with E-state index in [2.05, 4.69) is 10.0 Å². The molecule has 15 heteroatoms. The number of halogens is 6. The van der Waals surface area contributed by atoms with Crippen LogP contribution in [0.2, 0.25) is 0 Å². The first-order valence-corrected chi connectivity index (χ1v) is 15.8. The zero-order valence-corrected chi connectivity index (χ0v) is 28.3. The van der Waals surface area contributed by atoms with Gasteiger partial charge in [0.15, 0.2) is 0 Å². The highest BCUT2D eigenvalue weighted by Crippen LogP contribution is 2.39. The smallest absolute Gasteiger partial charge is 0.416 e. The second kappa shape index (κ2) is 15.5. The van der Waals surface area contributed by atoms with E-state index in [0.717, 1.165) is 7.11 Å². The van der Waals surface area contributed by atoms with Crippen molar-refractivity contribution >= 4 is 23.4 Å². The highest BCUT2D eigenvalue weighted by molar-refractivity contribution is 7.90. The van der Waals surface area contributed by atoms with E-state index in [4.69, 9.17) is 14.2 Å². The number of alkyl halides is 6. The Morgan fingerprint density at radius 2 is 1.40 bits per heavy atom. The molecule has 2 rings (SSSR count). The third-order valence-corrected chi connectivity index (χ3v) is 8.55. The molecule has 4 atom stereocenters. The SMILES string of the molecule is COC(=O)C(CC[C@](CO[C@H](C)c1cc(C(F)(F)F)cc(C(F)(F)F)c1)(N[S+]([O-])C(C)(C)C)c1ccccc1)NC(=O)OC(C)(C)C. The molecule has 0 aliphatic heterocycles. The molecule has 47 heavy (non-hydrogen) atoms. The lowest BCUT2D eigenvalue weighted by Gasteiger charge is -2.39. The highest BCUT2D eigenvalue weighted by atomic mass is 32.2. The molecule has 2 aromatic carbocycles. The molecule has 0 saturated carbocycles. The minimum atomic E-state index is -5.06. The van der Waals surface area contributed by atoms with Gasteiger partial charge in [-0.15, -0.1) is 4.72 Å². The number of carbonyl (C=O) groups is 2. The molecule has 0 fully saturated rings. The van der Waals surface area contributed by atoms with Crippen LogP contribution in [0.15, 0.2) is 48.5 Å². The number of carbonyl (C=O) groups excluding carboxylic acids is 2. The number of rotatable bonds is 12. The first kappa shape index (κ1) is 40.2. The maximum absolute atomic E-state index is 13.6. The number of amides is 1. The molecule has 0 heterocycles. The molecule has 264 valence electrons. The predicted molar refractivity (Wildman–Crippen MR) is 164 cm³/mol. The molecule has 0 radical (unpaired) electrons. The van der Waals surface area contributed by atoms with E-state index in [1.165, 1.54) is 6.92 Å². The van der Waals surface area contributed by atoms with Crippen molar-refractivity contribution in [3.05, 3.63) is 70.8 Å². The number of alkyl carbamates (subject to hydrolysis) is 1. The summed E-state index contributed by atoms with van der Waals surface area (Å²) in [6.45, 7) is 10.9. The van der Waals surface area contributed by atoms with Gasteiger partial charge in [-0.25, -0.2) is 9.59 Å². The van der Waals surface area contributed by atoms with Crippen LogP contribution in [-0.2, 0) is 48.3 Å². The molecule has 0 aromatic heterocycles. The fourth-order valence-electron chi connectivity index (χ4n) is 4.34. The molecule has 0 aliphatic rings. The van der Waals surface area contributed by atoms with Crippen molar-refractivity contribution in [3.63, 3.8) is 0 Å². The van der Waals surface area contributed by atoms with Crippen LogP contribution in [0.5, 0.6) is 0 Å². The second-order valence-corrected chi connectivity index (χ2v) is 15.0. The van der Waals surface area contributed by atoms with Crippen LogP contribution in [0, 0.1) is 0 Å². The van der Waals surface area contributed by atoms with E-state index < -0.39 is 81.5 Å². The first-order valence-electron chi connectivity index (χ1n) is 14.6. The average molecular weight is 697 g/mol. The second-order valence-electron chi connectivity index (χ2n) is 13.0. The summed E-state index contributed by atoms with van der Waals surface area (Å²) >= 11 is -1.80. The number of hydrogen-bond donors (Lipinski definition) is 2. The van der Waals surface area contributed by atoms with Crippen molar-refractivity contribution in [2.75, 3.05) is 13.7 Å². The lowest BCUT2D eigenvalue weighted by atomic mass is 9.85. The van der Waals surface area contributed by atoms with Gasteiger partial charge in [0.2, 0.25) is 0 Å². The molecule has 0 aliphatic carbocycles. The molecular weight excluding hydrogens is 654 g/mol. The Labute approximate surface area is 274 Å². The van der Waals surface area contributed by atoms with Crippen LogP contribution in [0.1, 0.15) is 89.7 Å². The Morgan fingerprint density at radius 3 is 1.85 bits per heavy atom. The normalized spacial score (nSPS) is 16.1. The molecule has 2 N–H and O–H groups in total. The monoisotopic (exact) mass is 696 g/mol. The Hall–Kier alpha value is -3.01. The number of hydrogen-bond acceptors (Lipinski definition) is 7. The Morgan fingerprint density at radius 1 is 0.872 bits per heavy atom. The van der Waals surface area contributed by atoms with Crippen molar-refractivity contribution in [1.29, 1.82) is 0 Å². The van der Waals surface area contributed by atoms with Gasteiger partial charge in [0.25, 0.3) is 0 Å². The fourth-order valence-corrected chi connectivity index (χ4v) is 5.28. The molecule has 0 bridgehead atoms. The lowest BCUT2D eigenvalue weighted by molar-refractivity contribution is -0.144. The molecule has 8 nitrogen and oxygen atoms in total. The van der Waals surface area contributed by atoms with Crippen LogP contribution < -0.4 is 10.0 Å². The van der Waals surface area contributed by atoms with Gasteiger partial charge in [-0.2, -0.15) is 26.3 Å². The summed E-state index contributed by atoms with van der Waals surface area (Å²) in [5, 5.41) is 2.47. The summed E-state index contributed by atoms with van der Waals surface area (Å²) in [6.07, 6.45) is -12.5. The minimum absolute atomic E-state index is 0.0309. The molecule has 2 unspecified atom stereocenters. The summed E-state index contributed by atoms with van der Waals surface area (Å²) in [6, 6.07) is 8.35. The standard InChI is InChI=1S/C32H42F6N2O6S/c1-20(21-16-23(31(33,34)35)18-24(17-21)32(36,37)38)45-19-30(22-12-10-9-11-13-22,40-47(43)29(5,6)7)15-14-25(26(41)44-8)39-27(42)46-28(2,3)4/h9-13,16-18,20,25,40H,14-15,19H2,1-8H3,(H,39,42)/t20-,25?,30-,47?/m1/s1. The van der Waals surface area contributed by atoms with E-state index in [1.807, 2.05) is 0 Å². The average Bonchev–Trinajstić information content (AvgIpc) is 2.95. The van der Waals surface area contributed by atoms with E-state index in [0.29, 0.717) is 17.7 Å². The van der Waals surface area contributed by atoms with Gasteiger partial charge in [0, 0.05) is 11.4 Å². The lowest BCUT2D eigenvalue weighted by Crippen LogP contribution is -2.55. The fraction of sp³-hybridized carbons (Fsp3) is 0.562.